The quantitative estimate of drug-likeness (QED) is 0.654. The maximum Gasteiger partial charge on any atom is 0.255 e. The van der Waals surface area contributed by atoms with Gasteiger partial charge >= 0.3 is 0 Å². The van der Waals surface area contributed by atoms with E-state index in [1.54, 1.807) is 48.8 Å². The molecule has 0 radical (unpaired) electrons. The molecule has 0 saturated heterocycles. The summed E-state index contributed by atoms with van der Waals surface area (Å²) in [5.41, 5.74) is 1.70. The molecule has 8 nitrogen and oxygen atoms in total. The van der Waals surface area contributed by atoms with Crippen LogP contribution < -0.4 is 10.6 Å². The number of carbonyl (C=O) groups excluding carboxylic acids is 2. The number of hydrogen-bond donors (Lipinski definition) is 3. The Balaban J connectivity index is 1.40. The number of anilines is 2. The van der Waals surface area contributed by atoms with Gasteiger partial charge < -0.3 is 10.6 Å². The summed E-state index contributed by atoms with van der Waals surface area (Å²) in [7, 11) is 0. The summed E-state index contributed by atoms with van der Waals surface area (Å²) >= 11 is 0. The molecule has 0 bridgehead atoms. The van der Waals surface area contributed by atoms with Gasteiger partial charge in [-0.15, -0.1) is 0 Å². The standard InChI is InChI=1S/C18H16N6O2/c25-17(22-12-4-6-19-7-5-12)11-2-1-3-13(8-11)23-18(26)15-9-14(15)16-20-10-21-24-16/h1-8,10,14-15H,9H2,(H,23,26)(H,19,22,25)(H,20,21,24). The van der Waals surface area contributed by atoms with Crippen LogP contribution in [0.4, 0.5) is 11.4 Å². The van der Waals surface area contributed by atoms with Crippen molar-refractivity contribution in [2.24, 2.45) is 5.92 Å². The molecule has 2 heterocycles. The first-order valence-electron chi connectivity index (χ1n) is 8.18. The minimum absolute atomic E-state index is 0.0793. The first-order chi connectivity index (χ1) is 12.7. The fourth-order valence-electron chi connectivity index (χ4n) is 2.79. The Morgan fingerprint density at radius 3 is 2.69 bits per heavy atom. The molecule has 130 valence electrons. The highest BCUT2D eigenvalue weighted by Gasteiger charge is 2.46. The van der Waals surface area contributed by atoms with E-state index in [-0.39, 0.29) is 23.7 Å². The number of hydrogen-bond acceptors (Lipinski definition) is 5. The number of carbonyl (C=O) groups is 2. The third-order valence-corrected chi connectivity index (χ3v) is 4.24. The van der Waals surface area contributed by atoms with Crippen molar-refractivity contribution in [1.29, 1.82) is 0 Å². The highest BCUT2D eigenvalue weighted by molar-refractivity contribution is 6.05. The molecule has 2 amide bonds. The van der Waals surface area contributed by atoms with Crippen LogP contribution in [0.1, 0.15) is 28.5 Å². The predicted molar refractivity (Wildman–Crippen MR) is 94.5 cm³/mol. The molecule has 1 saturated carbocycles. The molecule has 1 aromatic carbocycles. The van der Waals surface area contributed by atoms with Gasteiger partial charge in [-0.2, -0.15) is 5.10 Å². The van der Waals surface area contributed by atoms with Gasteiger partial charge in [0, 0.05) is 41.2 Å². The molecular formula is C18H16N6O2. The molecule has 3 N–H and O–H groups in total. The van der Waals surface area contributed by atoms with Crippen molar-refractivity contribution in [3.63, 3.8) is 0 Å². The number of rotatable bonds is 5. The zero-order valence-corrected chi connectivity index (χ0v) is 13.7. The van der Waals surface area contributed by atoms with Crippen LogP contribution in [0.2, 0.25) is 0 Å². The van der Waals surface area contributed by atoms with Gasteiger partial charge in [0.25, 0.3) is 5.91 Å². The van der Waals surface area contributed by atoms with E-state index in [9.17, 15) is 9.59 Å². The van der Waals surface area contributed by atoms with Gasteiger partial charge in [0.05, 0.1) is 0 Å². The van der Waals surface area contributed by atoms with E-state index in [0.29, 0.717) is 16.9 Å². The molecule has 0 aliphatic heterocycles. The Morgan fingerprint density at radius 1 is 1.08 bits per heavy atom. The summed E-state index contributed by atoms with van der Waals surface area (Å²) in [5, 5.41) is 12.3. The van der Waals surface area contributed by atoms with Gasteiger partial charge in [-0.3, -0.25) is 19.7 Å². The average Bonchev–Trinajstić information content (AvgIpc) is 3.28. The van der Waals surface area contributed by atoms with E-state index >= 15 is 0 Å². The number of amides is 2. The number of aromatic amines is 1. The Bertz CT molecular complexity index is 926. The maximum atomic E-state index is 12.4. The lowest BCUT2D eigenvalue weighted by molar-refractivity contribution is -0.117. The number of benzene rings is 1. The van der Waals surface area contributed by atoms with Crippen molar-refractivity contribution >= 4 is 23.2 Å². The highest BCUT2D eigenvalue weighted by atomic mass is 16.2. The second kappa shape index (κ2) is 6.75. The fourth-order valence-corrected chi connectivity index (χ4v) is 2.79. The van der Waals surface area contributed by atoms with Crippen molar-refractivity contribution < 1.29 is 9.59 Å². The molecule has 26 heavy (non-hydrogen) atoms. The van der Waals surface area contributed by atoms with Crippen molar-refractivity contribution in [2.75, 3.05) is 10.6 Å². The third kappa shape index (κ3) is 3.44. The van der Waals surface area contributed by atoms with Crippen LogP contribution in [0.15, 0.2) is 55.1 Å². The van der Waals surface area contributed by atoms with E-state index in [4.69, 9.17) is 0 Å². The lowest BCUT2D eigenvalue weighted by atomic mass is 10.1. The first-order valence-corrected chi connectivity index (χ1v) is 8.18. The van der Waals surface area contributed by atoms with Gasteiger partial charge in [-0.1, -0.05) is 6.07 Å². The monoisotopic (exact) mass is 348 g/mol. The normalized spacial score (nSPS) is 18.2. The van der Waals surface area contributed by atoms with Crippen LogP contribution >= 0.6 is 0 Å². The van der Waals surface area contributed by atoms with Crippen LogP contribution in [0.25, 0.3) is 0 Å². The van der Waals surface area contributed by atoms with Crippen LogP contribution in [0.3, 0.4) is 0 Å². The largest absolute Gasteiger partial charge is 0.326 e. The van der Waals surface area contributed by atoms with Crippen LogP contribution in [-0.2, 0) is 4.79 Å². The van der Waals surface area contributed by atoms with Gasteiger partial charge in [0.15, 0.2) is 0 Å². The van der Waals surface area contributed by atoms with E-state index in [0.717, 1.165) is 12.2 Å². The maximum absolute atomic E-state index is 12.4. The molecule has 8 heteroatoms. The Kier molecular flexibility index (Phi) is 4.14. The fraction of sp³-hybridized carbons (Fsp3) is 0.167. The van der Waals surface area contributed by atoms with E-state index in [2.05, 4.69) is 30.8 Å². The first kappa shape index (κ1) is 15.9. The predicted octanol–water partition coefficient (Wildman–Crippen LogP) is 2.19. The second-order valence-electron chi connectivity index (χ2n) is 6.08. The summed E-state index contributed by atoms with van der Waals surface area (Å²) in [6.45, 7) is 0. The Hall–Kier alpha value is -3.55. The van der Waals surface area contributed by atoms with Gasteiger partial charge in [-0.25, -0.2) is 4.98 Å². The minimum Gasteiger partial charge on any atom is -0.326 e. The molecule has 2 unspecified atom stereocenters. The summed E-state index contributed by atoms with van der Waals surface area (Å²) < 4.78 is 0. The molecule has 1 aliphatic rings. The Morgan fingerprint density at radius 2 is 1.92 bits per heavy atom. The number of aromatic nitrogens is 4. The molecule has 2 atom stereocenters. The number of pyridine rings is 1. The highest BCUT2D eigenvalue weighted by Crippen LogP contribution is 2.46. The summed E-state index contributed by atoms with van der Waals surface area (Å²) in [4.78, 5) is 32.7. The second-order valence-corrected chi connectivity index (χ2v) is 6.08. The molecule has 1 aliphatic carbocycles. The molecule has 0 spiro atoms. The van der Waals surface area contributed by atoms with E-state index in [1.165, 1.54) is 6.33 Å². The minimum atomic E-state index is -0.252. The van der Waals surface area contributed by atoms with E-state index in [1.807, 2.05) is 0 Å². The van der Waals surface area contributed by atoms with Gasteiger partial charge in [0.1, 0.15) is 12.2 Å². The number of nitrogens with zero attached hydrogens (tertiary/aromatic N) is 3. The zero-order valence-electron chi connectivity index (χ0n) is 13.7. The van der Waals surface area contributed by atoms with Crippen molar-refractivity contribution in [3.05, 3.63) is 66.5 Å². The smallest absolute Gasteiger partial charge is 0.255 e. The topological polar surface area (TPSA) is 113 Å². The van der Waals surface area contributed by atoms with Crippen LogP contribution in [0.5, 0.6) is 0 Å². The van der Waals surface area contributed by atoms with E-state index < -0.39 is 0 Å². The van der Waals surface area contributed by atoms with Crippen LogP contribution in [-0.4, -0.2) is 32.0 Å². The molecule has 3 aromatic rings. The lowest BCUT2D eigenvalue weighted by Gasteiger charge is -2.08. The average molecular weight is 348 g/mol. The summed E-state index contributed by atoms with van der Waals surface area (Å²) in [6, 6.07) is 10.3. The van der Waals surface area contributed by atoms with Gasteiger partial charge in [0.2, 0.25) is 5.91 Å². The zero-order chi connectivity index (χ0) is 17.9. The van der Waals surface area contributed by atoms with Crippen LogP contribution in [0, 0.1) is 5.92 Å². The molecule has 2 aromatic heterocycles. The summed E-state index contributed by atoms with van der Waals surface area (Å²) in [6.07, 6.45) is 5.39. The van der Waals surface area contributed by atoms with Crippen molar-refractivity contribution in [3.8, 4) is 0 Å². The van der Waals surface area contributed by atoms with Crippen molar-refractivity contribution in [1.82, 2.24) is 20.2 Å². The lowest BCUT2D eigenvalue weighted by Crippen LogP contribution is -2.16. The molecular weight excluding hydrogens is 332 g/mol. The number of nitrogens with one attached hydrogen (secondary N) is 3. The summed E-state index contributed by atoms with van der Waals surface area (Å²) in [5.74, 6) is 0.347. The SMILES string of the molecule is O=C(Nc1ccncc1)c1cccc(NC(=O)C2CC2c2ncn[nH]2)c1. The molecule has 4 rings (SSSR count). The Labute approximate surface area is 149 Å². The number of H-pyrrole nitrogens is 1. The van der Waals surface area contributed by atoms with Gasteiger partial charge in [-0.05, 0) is 36.8 Å². The molecule has 1 fully saturated rings. The third-order valence-electron chi connectivity index (χ3n) is 4.24. The van der Waals surface area contributed by atoms with Crippen molar-refractivity contribution in [2.45, 2.75) is 12.3 Å².